The molecule has 0 heterocycles. The van der Waals surface area contributed by atoms with Crippen molar-refractivity contribution in [3.05, 3.63) is 62.8 Å². The molecule has 2 aromatic carbocycles. The van der Waals surface area contributed by atoms with Gasteiger partial charge in [-0.3, -0.25) is 0 Å². The van der Waals surface area contributed by atoms with Crippen molar-refractivity contribution in [3.63, 3.8) is 0 Å². The second kappa shape index (κ2) is 6.23. The van der Waals surface area contributed by atoms with Gasteiger partial charge in [0.05, 0.1) is 10.6 Å². The highest BCUT2D eigenvalue weighted by Crippen LogP contribution is 2.36. The van der Waals surface area contributed by atoms with E-state index in [-0.39, 0.29) is 21.7 Å². The average Bonchev–Trinajstić information content (AvgIpc) is 2.40. The predicted octanol–water partition coefficient (Wildman–Crippen LogP) is 5.87. The summed E-state index contributed by atoms with van der Waals surface area (Å²) in [4.78, 5) is 0. The van der Waals surface area contributed by atoms with Crippen LogP contribution < -0.4 is 5.32 Å². The van der Waals surface area contributed by atoms with Gasteiger partial charge in [-0.1, -0.05) is 39.7 Å². The summed E-state index contributed by atoms with van der Waals surface area (Å²) in [5.41, 5.74) is -0.0446. The van der Waals surface area contributed by atoms with Crippen LogP contribution in [0.4, 0.5) is 23.2 Å². The Morgan fingerprint density at radius 1 is 1.14 bits per heavy atom. The summed E-state index contributed by atoms with van der Waals surface area (Å²) in [7, 11) is 0. The summed E-state index contributed by atoms with van der Waals surface area (Å²) in [6.07, 6.45) is -4.45. The van der Waals surface area contributed by atoms with E-state index in [1.54, 1.807) is 6.07 Å². The molecule has 2 aromatic rings. The van der Waals surface area contributed by atoms with Crippen LogP contribution in [0.25, 0.3) is 0 Å². The summed E-state index contributed by atoms with van der Waals surface area (Å²) in [5.74, 6) is -0.567. The highest BCUT2D eigenvalue weighted by Gasteiger charge is 2.33. The van der Waals surface area contributed by atoms with Crippen molar-refractivity contribution in [2.75, 3.05) is 5.32 Å². The third-order valence-electron chi connectivity index (χ3n) is 2.79. The molecule has 0 saturated heterocycles. The van der Waals surface area contributed by atoms with Crippen molar-refractivity contribution in [2.45, 2.75) is 12.7 Å². The van der Waals surface area contributed by atoms with Crippen LogP contribution in [0.5, 0.6) is 0 Å². The maximum Gasteiger partial charge on any atom is 0.417 e. The summed E-state index contributed by atoms with van der Waals surface area (Å²) in [5, 5.41) is 2.75. The van der Waals surface area contributed by atoms with Gasteiger partial charge in [0.2, 0.25) is 0 Å². The molecule has 0 aliphatic carbocycles. The fourth-order valence-electron chi connectivity index (χ4n) is 1.73. The molecule has 0 unspecified atom stereocenters. The van der Waals surface area contributed by atoms with E-state index >= 15 is 0 Å². The molecule has 0 saturated carbocycles. The first-order chi connectivity index (χ1) is 9.79. The Hall–Kier alpha value is -1.27. The first-order valence-electron chi connectivity index (χ1n) is 5.82. The van der Waals surface area contributed by atoms with Gasteiger partial charge in [0.1, 0.15) is 5.82 Å². The fraction of sp³-hybridized carbons (Fsp3) is 0.143. The zero-order valence-electron chi connectivity index (χ0n) is 10.4. The van der Waals surface area contributed by atoms with Crippen molar-refractivity contribution in [1.82, 2.24) is 0 Å². The van der Waals surface area contributed by atoms with Crippen LogP contribution in [-0.2, 0) is 12.7 Å². The Balaban J connectivity index is 2.19. The molecule has 21 heavy (non-hydrogen) atoms. The Morgan fingerprint density at radius 2 is 1.86 bits per heavy atom. The van der Waals surface area contributed by atoms with Gasteiger partial charge in [0.15, 0.2) is 0 Å². The zero-order chi connectivity index (χ0) is 15.6. The molecular formula is C14H9BrClF4N. The molecule has 0 bridgehead atoms. The van der Waals surface area contributed by atoms with Crippen LogP contribution in [0.1, 0.15) is 11.1 Å². The number of rotatable bonds is 3. The Morgan fingerprint density at radius 3 is 2.52 bits per heavy atom. The van der Waals surface area contributed by atoms with E-state index in [9.17, 15) is 17.6 Å². The SMILES string of the molecule is Fc1cccc(CNc2ccc(Br)c(C(F)(F)F)c2)c1Cl. The number of nitrogens with one attached hydrogen (secondary N) is 1. The van der Waals surface area contributed by atoms with Crippen LogP contribution in [0.2, 0.25) is 5.02 Å². The van der Waals surface area contributed by atoms with Crippen molar-refractivity contribution in [1.29, 1.82) is 0 Å². The van der Waals surface area contributed by atoms with Gasteiger partial charge in [0, 0.05) is 16.7 Å². The van der Waals surface area contributed by atoms with Crippen LogP contribution in [0, 0.1) is 5.82 Å². The Kier molecular flexibility index (Phi) is 4.78. The molecule has 1 nitrogen and oxygen atoms in total. The lowest BCUT2D eigenvalue weighted by Crippen LogP contribution is -2.08. The number of hydrogen-bond acceptors (Lipinski definition) is 1. The summed E-state index contributed by atoms with van der Waals surface area (Å²) >= 11 is 8.65. The second-order valence-corrected chi connectivity index (χ2v) is 5.49. The molecule has 0 amide bonds. The second-order valence-electron chi connectivity index (χ2n) is 4.26. The van der Waals surface area contributed by atoms with Crippen LogP contribution in [0.15, 0.2) is 40.9 Å². The van der Waals surface area contributed by atoms with Crippen LogP contribution in [0.3, 0.4) is 0 Å². The van der Waals surface area contributed by atoms with Crippen molar-refractivity contribution in [2.24, 2.45) is 0 Å². The minimum Gasteiger partial charge on any atom is -0.381 e. The van der Waals surface area contributed by atoms with Crippen LogP contribution in [-0.4, -0.2) is 0 Å². The molecule has 0 spiro atoms. The highest BCUT2D eigenvalue weighted by atomic mass is 79.9. The lowest BCUT2D eigenvalue weighted by molar-refractivity contribution is -0.138. The van der Waals surface area contributed by atoms with Gasteiger partial charge in [-0.05, 0) is 29.8 Å². The van der Waals surface area contributed by atoms with Gasteiger partial charge < -0.3 is 5.32 Å². The number of alkyl halides is 3. The number of halogens is 6. The molecular weight excluding hydrogens is 374 g/mol. The van der Waals surface area contributed by atoms with Gasteiger partial charge >= 0.3 is 6.18 Å². The standard InChI is InChI=1S/C14H9BrClF4N/c15-11-5-4-9(6-10(11)14(18,19)20)21-7-8-2-1-3-12(17)13(8)16/h1-6,21H,7H2. The Labute approximate surface area is 132 Å². The Bertz CT molecular complexity index is 658. The highest BCUT2D eigenvalue weighted by molar-refractivity contribution is 9.10. The van der Waals surface area contributed by atoms with E-state index in [2.05, 4.69) is 21.2 Å². The quantitative estimate of drug-likeness (QED) is 0.654. The molecule has 1 N–H and O–H groups in total. The molecule has 0 aliphatic heterocycles. The molecule has 0 fully saturated rings. The van der Waals surface area contributed by atoms with Gasteiger partial charge in [-0.15, -0.1) is 0 Å². The van der Waals surface area contributed by atoms with E-state index in [1.807, 2.05) is 0 Å². The molecule has 2 rings (SSSR count). The van der Waals surface area contributed by atoms with E-state index in [0.717, 1.165) is 6.07 Å². The fourth-order valence-corrected chi connectivity index (χ4v) is 2.40. The lowest BCUT2D eigenvalue weighted by Gasteiger charge is -2.13. The number of anilines is 1. The summed E-state index contributed by atoms with van der Waals surface area (Å²) in [6, 6.07) is 8.08. The lowest BCUT2D eigenvalue weighted by atomic mass is 10.1. The topological polar surface area (TPSA) is 12.0 Å². The van der Waals surface area contributed by atoms with Crippen molar-refractivity contribution in [3.8, 4) is 0 Å². The summed E-state index contributed by atoms with van der Waals surface area (Å²) in [6.45, 7) is 0.121. The van der Waals surface area contributed by atoms with E-state index in [0.29, 0.717) is 5.56 Å². The van der Waals surface area contributed by atoms with E-state index in [4.69, 9.17) is 11.6 Å². The van der Waals surface area contributed by atoms with Gasteiger partial charge in [0.25, 0.3) is 0 Å². The monoisotopic (exact) mass is 381 g/mol. The maximum atomic E-state index is 13.3. The third-order valence-corrected chi connectivity index (χ3v) is 3.90. The first-order valence-corrected chi connectivity index (χ1v) is 6.99. The number of hydrogen-bond donors (Lipinski definition) is 1. The minimum atomic E-state index is -4.45. The molecule has 7 heteroatoms. The number of benzene rings is 2. The predicted molar refractivity (Wildman–Crippen MR) is 77.9 cm³/mol. The molecule has 0 atom stereocenters. The summed E-state index contributed by atoms with van der Waals surface area (Å²) < 4.78 is 51.6. The molecule has 0 radical (unpaired) electrons. The molecule has 0 aliphatic rings. The van der Waals surface area contributed by atoms with Crippen molar-refractivity contribution < 1.29 is 17.6 Å². The third kappa shape index (κ3) is 3.89. The van der Waals surface area contributed by atoms with E-state index in [1.165, 1.54) is 24.3 Å². The zero-order valence-corrected chi connectivity index (χ0v) is 12.8. The van der Waals surface area contributed by atoms with E-state index < -0.39 is 17.6 Å². The smallest absolute Gasteiger partial charge is 0.381 e. The first kappa shape index (κ1) is 16.1. The largest absolute Gasteiger partial charge is 0.417 e. The normalized spacial score (nSPS) is 11.5. The average molecular weight is 383 g/mol. The molecule has 112 valence electrons. The van der Waals surface area contributed by atoms with Crippen LogP contribution >= 0.6 is 27.5 Å². The van der Waals surface area contributed by atoms with Gasteiger partial charge in [-0.2, -0.15) is 13.2 Å². The van der Waals surface area contributed by atoms with Gasteiger partial charge in [-0.25, -0.2) is 4.39 Å². The van der Waals surface area contributed by atoms with Crippen molar-refractivity contribution >= 4 is 33.2 Å². The minimum absolute atomic E-state index is 0.0377. The maximum absolute atomic E-state index is 13.3. The molecule has 0 aromatic heterocycles.